The van der Waals surface area contributed by atoms with Crippen LogP contribution in [0.5, 0.6) is 11.5 Å². The van der Waals surface area contributed by atoms with Crippen molar-refractivity contribution in [3.63, 3.8) is 0 Å². The van der Waals surface area contributed by atoms with Crippen LogP contribution in [0.15, 0.2) is 46.6 Å². The predicted octanol–water partition coefficient (Wildman–Crippen LogP) is 4.43. The molecule has 0 unspecified atom stereocenters. The summed E-state index contributed by atoms with van der Waals surface area (Å²) >= 11 is 0. The van der Waals surface area contributed by atoms with Gasteiger partial charge in [-0.25, -0.2) is 0 Å². The molecule has 1 N–H and O–H groups in total. The first-order valence-corrected chi connectivity index (χ1v) is 5.97. The van der Waals surface area contributed by atoms with Gasteiger partial charge in [-0.05, 0) is 49.2 Å². The zero-order valence-corrected chi connectivity index (χ0v) is 11.2. The summed E-state index contributed by atoms with van der Waals surface area (Å²) in [6, 6.07) is 11.0. The Kier molecular flexibility index (Phi) is 3.80. The van der Waals surface area contributed by atoms with Crippen LogP contribution >= 0.6 is 0 Å². The average Bonchev–Trinajstić information content (AvgIpc) is 2.42. The number of phenols is 1. The third kappa shape index (κ3) is 2.91. The molecule has 0 radical (unpaired) electrons. The molecule has 98 valence electrons. The molecule has 0 atom stereocenters. The van der Waals surface area contributed by atoms with Gasteiger partial charge in [-0.15, -0.1) is 5.11 Å². The second-order valence-electron chi connectivity index (χ2n) is 4.30. The minimum atomic E-state index is 0.302. The Bertz CT molecular complexity index is 598. The molecule has 2 aromatic carbocycles. The Balaban J connectivity index is 2.33. The van der Waals surface area contributed by atoms with Gasteiger partial charge in [0.15, 0.2) is 0 Å². The number of aromatic hydroxyl groups is 1. The van der Waals surface area contributed by atoms with Gasteiger partial charge >= 0.3 is 0 Å². The quantitative estimate of drug-likeness (QED) is 0.826. The van der Waals surface area contributed by atoms with Crippen LogP contribution in [0.3, 0.4) is 0 Å². The van der Waals surface area contributed by atoms with E-state index >= 15 is 0 Å². The minimum absolute atomic E-state index is 0.302. The molecule has 4 heteroatoms. The fraction of sp³-hybridized carbons (Fsp3) is 0.200. The van der Waals surface area contributed by atoms with Gasteiger partial charge in [0.25, 0.3) is 0 Å². The smallest absolute Gasteiger partial charge is 0.146 e. The number of nitrogens with zero attached hydrogens (tertiary/aromatic N) is 2. The van der Waals surface area contributed by atoms with E-state index < -0.39 is 0 Å². The molecule has 0 saturated heterocycles. The molecule has 4 nitrogen and oxygen atoms in total. The SMILES string of the molecule is COc1ccccc1N=Nc1cc(C)c(O)c(C)c1. The van der Waals surface area contributed by atoms with Gasteiger partial charge < -0.3 is 9.84 Å². The maximum Gasteiger partial charge on any atom is 0.146 e. The van der Waals surface area contributed by atoms with Gasteiger partial charge in [0.1, 0.15) is 17.2 Å². The Hall–Kier alpha value is -2.36. The number of methoxy groups -OCH3 is 1. The number of benzene rings is 2. The maximum absolute atomic E-state index is 9.71. The lowest BCUT2D eigenvalue weighted by Gasteiger charge is -2.04. The van der Waals surface area contributed by atoms with E-state index in [2.05, 4.69) is 10.2 Å². The molecule has 0 fully saturated rings. The van der Waals surface area contributed by atoms with E-state index in [0.717, 1.165) is 11.1 Å². The third-order valence-electron chi connectivity index (χ3n) is 2.83. The number of hydrogen-bond donors (Lipinski definition) is 1. The van der Waals surface area contributed by atoms with Gasteiger partial charge in [-0.3, -0.25) is 0 Å². The standard InChI is InChI=1S/C15H16N2O2/c1-10-8-12(9-11(2)15(10)18)16-17-13-6-4-5-7-14(13)19-3/h4-9,18H,1-3H3. The second kappa shape index (κ2) is 5.52. The van der Waals surface area contributed by atoms with E-state index in [1.165, 1.54) is 0 Å². The lowest BCUT2D eigenvalue weighted by molar-refractivity contribution is 0.416. The number of ether oxygens (including phenoxy) is 1. The summed E-state index contributed by atoms with van der Waals surface area (Å²) in [4.78, 5) is 0. The van der Waals surface area contributed by atoms with Crippen molar-refractivity contribution in [1.29, 1.82) is 0 Å². The van der Waals surface area contributed by atoms with Gasteiger partial charge in [0.2, 0.25) is 0 Å². The summed E-state index contributed by atoms with van der Waals surface area (Å²) in [5.74, 6) is 0.981. The largest absolute Gasteiger partial charge is 0.507 e. The maximum atomic E-state index is 9.71. The minimum Gasteiger partial charge on any atom is -0.507 e. The molecule has 0 aliphatic carbocycles. The van der Waals surface area contributed by atoms with Crippen molar-refractivity contribution in [2.75, 3.05) is 7.11 Å². The molecule has 2 aromatic rings. The normalized spacial score (nSPS) is 10.9. The molecular weight excluding hydrogens is 240 g/mol. The summed E-state index contributed by atoms with van der Waals surface area (Å²) in [6.07, 6.45) is 0. The molecular formula is C15H16N2O2. The molecule has 0 heterocycles. The van der Waals surface area contributed by atoms with Crippen molar-refractivity contribution in [3.05, 3.63) is 47.5 Å². The van der Waals surface area contributed by atoms with E-state index in [-0.39, 0.29) is 0 Å². The summed E-state index contributed by atoms with van der Waals surface area (Å²) in [5, 5.41) is 18.1. The predicted molar refractivity (Wildman–Crippen MR) is 74.8 cm³/mol. The van der Waals surface area contributed by atoms with Crippen LogP contribution in [0.25, 0.3) is 0 Å². The molecule has 0 aromatic heterocycles. The van der Waals surface area contributed by atoms with Crippen LogP contribution in [0.4, 0.5) is 11.4 Å². The molecule has 19 heavy (non-hydrogen) atoms. The highest BCUT2D eigenvalue weighted by atomic mass is 16.5. The lowest BCUT2D eigenvalue weighted by atomic mass is 10.1. The number of para-hydroxylation sites is 1. The molecule has 0 spiro atoms. The number of rotatable bonds is 3. The number of aryl methyl sites for hydroxylation is 2. The Morgan fingerprint density at radius 2 is 1.63 bits per heavy atom. The Morgan fingerprint density at radius 1 is 1.00 bits per heavy atom. The highest BCUT2D eigenvalue weighted by molar-refractivity contribution is 5.53. The molecule has 0 amide bonds. The first-order valence-electron chi connectivity index (χ1n) is 5.97. The van der Waals surface area contributed by atoms with Gasteiger partial charge in [-0.2, -0.15) is 5.11 Å². The van der Waals surface area contributed by atoms with Crippen LogP contribution in [0.1, 0.15) is 11.1 Å². The van der Waals surface area contributed by atoms with E-state index in [0.29, 0.717) is 22.9 Å². The second-order valence-corrected chi connectivity index (χ2v) is 4.30. The highest BCUT2D eigenvalue weighted by Gasteiger charge is 2.03. The molecule has 0 aliphatic rings. The number of azo groups is 1. The van der Waals surface area contributed by atoms with Crippen molar-refractivity contribution in [1.82, 2.24) is 0 Å². The van der Waals surface area contributed by atoms with Crippen LogP contribution in [0, 0.1) is 13.8 Å². The monoisotopic (exact) mass is 256 g/mol. The zero-order chi connectivity index (χ0) is 13.8. The summed E-state index contributed by atoms with van der Waals surface area (Å²) in [7, 11) is 1.60. The summed E-state index contributed by atoms with van der Waals surface area (Å²) < 4.78 is 5.21. The molecule has 0 saturated carbocycles. The van der Waals surface area contributed by atoms with Gasteiger partial charge in [-0.1, -0.05) is 12.1 Å². The lowest BCUT2D eigenvalue weighted by Crippen LogP contribution is -1.82. The zero-order valence-electron chi connectivity index (χ0n) is 11.2. The average molecular weight is 256 g/mol. The van der Waals surface area contributed by atoms with Crippen molar-refractivity contribution < 1.29 is 9.84 Å². The topological polar surface area (TPSA) is 54.2 Å². The van der Waals surface area contributed by atoms with Crippen LogP contribution < -0.4 is 4.74 Å². The highest BCUT2D eigenvalue weighted by Crippen LogP contribution is 2.31. The Morgan fingerprint density at radius 3 is 2.26 bits per heavy atom. The van der Waals surface area contributed by atoms with Crippen molar-refractivity contribution in [2.45, 2.75) is 13.8 Å². The number of hydrogen-bond acceptors (Lipinski definition) is 4. The molecule has 0 aliphatic heterocycles. The molecule has 0 bridgehead atoms. The van der Waals surface area contributed by atoms with E-state index in [1.807, 2.05) is 38.1 Å². The van der Waals surface area contributed by atoms with E-state index in [1.54, 1.807) is 19.2 Å². The fourth-order valence-corrected chi connectivity index (χ4v) is 1.81. The van der Waals surface area contributed by atoms with E-state index in [4.69, 9.17) is 4.74 Å². The fourth-order valence-electron chi connectivity index (χ4n) is 1.81. The number of phenolic OH excluding ortho intramolecular Hbond substituents is 1. The Labute approximate surface area is 112 Å². The van der Waals surface area contributed by atoms with Crippen molar-refractivity contribution in [3.8, 4) is 11.5 Å². The first-order chi connectivity index (χ1) is 9.11. The molecule has 2 rings (SSSR count). The van der Waals surface area contributed by atoms with Crippen LogP contribution in [0.2, 0.25) is 0 Å². The first kappa shape index (κ1) is 13.1. The summed E-state index contributed by atoms with van der Waals surface area (Å²) in [5.41, 5.74) is 2.95. The van der Waals surface area contributed by atoms with Crippen LogP contribution in [-0.4, -0.2) is 12.2 Å². The van der Waals surface area contributed by atoms with Gasteiger partial charge in [0, 0.05) is 0 Å². The van der Waals surface area contributed by atoms with Crippen molar-refractivity contribution in [2.24, 2.45) is 10.2 Å². The van der Waals surface area contributed by atoms with Crippen LogP contribution in [-0.2, 0) is 0 Å². The van der Waals surface area contributed by atoms with Gasteiger partial charge in [0.05, 0.1) is 12.8 Å². The van der Waals surface area contributed by atoms with E-state index in [9.17, 15) is 5.11 Å². The van der Waals surface area contributed by atoms with Crippen molar-refractivity contribution >= 4 is 11.4 Å². The third-order valence-corrected chi connectivity index (χ3v) is 2.83. The summed E-state index contributed by atoms with van der Waals surface area (Å²) in [6.45, 7) is 3.68.